The van der Waals surface area contributed by atoms with Gasteiger partial charge in [0, 0.05) is 30.5 Å². The number of rotatable bonds is 4. The summed E-state index contributed by atoms with van der Waals surface area (Å²) in [4.78, 5) is 12.0. The van der Waals surface area contributed by atoms with Crippen molar-refractivity contribution >= 4 is 17.4 Å². The number of ether oxygens (including phenoxy) is 1. The van der Waals surface area contributed by atoms with Crippen molar-refractivity contribution in [3.8, 4) is 0 Å². The Kier molecular flexibility index (Phi) is 4.75. The molecule has 18 heavy (non-hydrogen) atoms. The summed E-state index contributed by atoms with van der Waals surface area (Å²) in [6.07, 6.45) is 0.904. The highest BCUT2D eigenvalue weighted by Gasteiger charge is 2.17. The second-order valence-corrected chi connectivity index (χ2v) is 5.15. The molecule has 1 saturated heterocycles. The van der Waals surface area contributed by atoms with E-state index in [0.29, 0.717) is 24.5 Å². The van der Waals surface area contributed by atoms with Crippen LogP contribution in [0.1, 0.15) is 17.5 Å². The first-order valence-corrected chi connectivity index (χ1v) is 6.61. The van der Waals surface area contributed by atoms with Crippen LogP contribution in [-0.4, -0.2) is 31.6 Å². The van der Waals surface area contributed by atoms with Gasteiger partial charge in [0.2, 0.25) is 0 Å². The molecule has 0 spiro atoms. The van der Waals surface area contributed by atoms with Gasteiger partial charge in [-0.05, 0) is 24.1 Å². The molecule has 1 fully saturated rings. The third-order valence-electron chi connectivity index (χ3n) is 3.07. The van der Waals surface area contributed by atoms with E-state index >= 15 is 0 Å². The molecular formula is C14H18ClNO2. The topological polar surface area (TPSA) is 38.3 Å². The van der Waals surface area contributed by atoms with Crippen LogP contribution in [0, 0.1) is 6.92 Å². The number of halogens is 1. The molecule has 1 aliphatic heterocycles. The fourth-order valence-electron chi connectivity index (χ4n) is 2.11. The van der Waals surface area contributed by atoms with Gasteiger partial charge in [-0.2, -0.15) is 0 Å². The predicted molar refractivity (Wildman–Crippen MR) is 72.1 cm³/mol. The Balaban J connectivity index is 1.90. The van der Waals surface area contributed by atoms with Gasteiger partial charge in [-0.15, -0.1) is 0 Å². The van der Waals surface area contributed by atoms with Crippen molar-refractivity contribution in [1.82, 2.24) is 5.32 Å². The first-order chi connectivity index (χ1) is 8.65. The number of nitrogens with one attached hydrogen (secondary N) is 1. The Morgan fingerprint density at radius 3 is 3.06 bits per heavy atom. The van der Waals surface area contributed by atoms with E-state index in [-0.39, 0.29) is 11.8 Å². The normalized spacial score (nSPS) is 19.8. The third kappa shape index (κ3) is 3.80. The molecule has 1 atom stereocenters. The lowest BCUT2D eigenvalue weighted by molar-refractivity contribution is -0.119. The van der Waals surface area contributed by atoms with E-state index in [0.717, 1.165) is 24.3 Å². The standard InChI is InChI=1S/C14H18ClNO2/c1-10-2-3-11(14(15)6-10)7-13(17)8-12-9-18-5-4-16-12/h2-3,6,12,16H,4-5,7-9H2,1H3. The molecule has 1 aromatic carbocycles. The molecular weight excluding hydrogens is 250 g/mol. The SMILES string of the molecule is Cc1ccc(CC(=O)CC2COCCN2)c(Cl)c1. The molecule has 1 N–H and O–H groups in total. The van der Waals surface area contributed by atoms with Crippen molar-refractivity contribution in [3.63, 3.8) is 0 Å². The molecule has 1 aromatic rings. The number of aryl methyl sites for hydroxylation is 1. The van der Waals surface area contributed by atoms with E-state index in [9.17, 15) is 4.79 Å². The zero-order valence-electron chi connectivity index (χ0n) is 10.5. The zero-order chi connectivity index (χ0) is 13.0. The second kappa shape index (κ2) is 6.32. The summed E-state index contributed by atoms with van der Waals surface area (Å²) in [6, 6.07) is 5.96. The predicted octanol–water partition coefficient (Wildman–Crippen LogP) is 2.14. The van der Waals surface area contributed by atoms with Gasteiger partial charge in [0.25, 0.3) is 0 Å². The van der Waals surface area contributed by atoms with Gasteiger partial charge in [-0.3, -0.25) is 4.79 Å². The number of morpholine rings is 1. The van der Waals surface area contributed by atoms with Crippen LogP contribution in [0.2, 0.25) is 5.02 Å². The van der Waals surface area contributed by atoms with E-state index in [1.54, 1.807) is 0 Å². The molecule has 1 heterocycles. The van der Waals surface area contributed by atoms with Gasteiger partial charge in [0.05, 0.1) is 13.2 Å². The smallest absolute Gasteiger partial charge is 0.138 e. The Hall–Kier alpha value is -0.900. The lowest BCUT2D eigenvalue weighted by atomic mass is 10.0. The van der Waals surface area contributed by atoms with Crippen molar-refractivity contribution in [1.29, 1.82) is 0 Å². The van der Waals surface area contributed by atoms with Crippen LogP contribution in [0.3, 0.4) is 0 Å². The average Bonchev–Trinajstić information content (AvgIpc) is 2.34. The lowest BCUT2D eigenvalue weighted by Gasteiger charge is -2.23. The van der Waals surface area contributed by atoms with E-state index in [1.165, 1.54) is 0 Å². The quantitative estimate of drug-likeness (QED) is 0.908. The Bertz CT molecular complexity index is 428. The average molecular weight is 268 g/mol. The molecule has 0 aliphatic carbocycles. The highest BCUT2D eigenvalue weighted by Crippen LogP contribution is 2.19. The summed E-state index contributed by atoms with van der Waals surface area (Å²) < 4.78 is 5.33. The van der Waals surface area contributed by atoms with Crippen LogP contribution in [0.25, 0.3) is 0 Å². The lowest BCUT2D eigenvalue weighted by Crippen LogP contribution is -2.42. The van der Waals surface area contributed by atoms with Crippen LogP contribution in [0.15, 0.2) is 18.2 Å². The van der Waals surface area contributed by atoms with Crippen molar-refractivity contribution in [2.75, 3.05) is 19.8 Å². The fraction of sp³-hybridized carbons (Fsp3) is 0.500. The highest BCUT2D eigenvalue weighted by atomic mass is 35.5. The van der Waals surface area contributed by atoms with Gasteiger partial charge in [-0.25, -0.2) is 0 Å². The van der Waals surface area contributed by atoms with Gasteiger partial charge in [0.15, 0.2) is 0 Å². The van der Waals surface area contributed by atoms with Crippen LogP contribution < -0.4 is 5.32 Å². The molecule has 0 aromatic heterocycles. The monoisotopic (exact) mass is 267 g/mol. The maximum absolute atomic E-state index is 12.0. The first-order valence-electron chi connectivity index (χ1n) is 6.23. The maximum Gasteiger partial charge on any atom is 0.138 e. The molecule has 0 saturated carbocycles. The number of hydrogen-bond donors (Lipinski definition) is 1. The number of Topliss-reactive ketones (excluding diaryl/α,β-unsaturated/α-hetero) is 1. The van der Waals surface area contributed by atoms with Gasteiger partial charge >= 0.3 is 0 Å². The van der Waals surface area contributed by atoms with Crippen molar-refractivity contribution in [2.24, 2.45) is 0 Å². The summed E-state index contributed by atoms with van der Waals surface area (Å²) in [5, 5.41) is 3.96. The Morgan fingerprint density at radius 2 is 2.39 bits per heavy atom. The number of carbonyl (C=O) groups is 1. The van der Waals surface area contributed by atoms with Crippen LogP contribution in [-0.2, 0) is 16.0 Å². The molecule has 2 rings (SSSR count). The van der Waals surface area contributed by atoms with Crippen molar-refractivity contribution < 1.29 is 9.53 Å². The van der Waals surface area contributed by atoms with Gasteiger partial charge in [0.1, 0.15) is 5.78 Å². The van der Waals surface area contributed by atoms with Crippen LogP contribution in [0.4, 0.5) is 0 Å². The molecule has 1 aliphatic rings. The fourth-order valence-corrected chi connectivity index (χ4v) is 2.41. The zero-order valence-corrected chi connectivity index (χ0v) is 11.3. The summed E-state index contributed by atoms with van der Waals surface area (Å²) >= 11 is 6.12. The summed E-state index contributed by atoms with van der Waals surface area (Å²) in [6.45, 7) is 4.16. The molecule has 4 heteroatoms. The van der Waals surface area contributed by atoms with Crippen molar-refractivity contribution in [3.05, 3.63) is 34.3 Å². The first kappa shape index (κ1) is 13.5. The molecule has 98 valence electrons. The number of ketones is 1. The Labute approximate surface area is 112 Å². The van der Waals surface area contributed by atoms with E-state index in [2.05, 4.69) is 5.32 Å². The number of carbonyl (C=O) groups excluding carboxylic acids is 1. The maximum atomic E-state index is 12.0. The minimum atomic E-state index is 0.149. The van der Waals surface area contributed by atoms with E-state index in [4.69, 9.17) is 16.3 Å². The summed E-state index contributed by atoms with van der Waals surface area (Å²) in [5.74, 6) is 0.198. The van der Waals surface area contributed by atoms with Crippen molar-refractivity contribution in [2.45, 2.75) is 25.8 Å². The molecule has 0 bridgehead atoms. The summed E-state index contributed by atoms with van der Waals surface area (Å²) in [7, 11) is 0. The van der Waals surface area contributed by atoms with E-state index < -0.39 is 0 Å². The minimum absolute atomic E-state index is 0.149. The van der Waals surface area contributed by atoms with Gasteiger partial charge in [-0.1, -0.05) is 23.7 Å². The van der Waals surface area contributed by atoms with Crippen LogP contribution in [0.5, 0.6) is 0 Å². The molecule has 0 amide bonds. The highest BCUT2D eigenvalue weighted by molar-refractivity contribution is 6.31. The van der Waals surface area contributed by atoms with Gasteiger partial charge < -0.3 is 10.1 Å². The second-order valence-electron chi connectivity index (χ2n) is 4.74. The summed E-state index contributed by atoms with van der Waals surface area (Å²) in [5.41, 5.74) is 2.02. The Morgan fingerprint density at radius 1 is 1.56 bits per heavy atom. The molecule has 0 radical (unpaired) electrons. The number of benzene rings is 1. The minimum Gasteiger partial charge on any atom is -0.379 e. The van der Waals surface area contributed by atoms with E-state index in [1.807, 2.05) is 25.1 Å². The third-order valence-corrected chi connectivity index (χ3v) is 3.42. The molecule has 1 unspecified atom stereocenters. The van der Waals surface area contributed by atoms with Crippen LogP contribution >= 0.6 is 11.6 Å². The number of hydrogen-bond acceptors (Lipinski definition) is 3. The molecule has 3 nitrogen and oxygen atoms in total. The largest absolute Gasteiger partial charge is 0.379 e.